The van der Waals surface area contributed by atoms with Crippen LogP contribution in [0.2, 0.25) is 0 Å². The summed E-state index contributed by atoms with van der Waals surface area (Å²) < 4.78 is 15.8. The topological polar surface area (TPSA) is 68.9 Å². The number of halogens is 1. The highest BCUT2D eigenvalue weighted by Crippen LogP contribution is 2.23. The summed E-state index contributed by atoms with van der Waals surface area (Å²) in [4.78, 5) is 24.4. The van der Waals surface area contributed by atoms with Crippen LogP contribution in [0.4, 0.5) is 4.39 Å². The Morgan fingerprint density at radius 3 is 2.60 bits per heavy atom. The molecular formula is C18H23FN4O2. The number of amides is 1. The molecule has 0 unspecified atom stereocenters. The van der Waals surface area contributed by atoms with Crippen LogP contribution in [0.5, 0.6) is 0 Å². The van der Waals surface area contributed by atoms with Crippen molar-refractivity contribution in [3.8, 4) is 11.4 Å². The van der Waals surface area contributed by atoms with Gasteiger partial charge in [0.1, 0.15) is 5.82 Å². The molecule has 1 fully saturated rings. The van der Waals surface area contributed by atoms with Crippen molar-refractivity contribution in [1.82, 2.24) is 19.7 Å². The number of aromatic nitrogens is 3. The fourth-order valence-electron chi connectivity index (χ4n) is 3.28. The molecule has 0 saturated heterocycles. The molecule has 1 heterocycles. The van der Waals surface area contributed by atoms with Crippen LogP contribution in [0.25, 0.3) is 11.4 Å². The van der Waals surface area contributed by atoms with Crippen molar-refractivity contribution in [3.05, 3.63) is 40.6 Å². The van der Waals surface area contributed by atoms with Gasteiger partial charge in [0, 0.05) is 25.1 Å². The van der Waals surface area contributed by atoms with Crippen LogP contribution in [0.3, 0.4) is 0 Å². The van der Waals surface area contributed by atoms with Crippen LogP contribution >= 0.6 is 0 Å². The fraction of sp³-hybridized carbons (Fsp3) is 0.500. The molecule has 2 aromatic rings. The third kappa shape index (κ3) is 3.97. The lowest BCUT2D eigenvalue weighted by atomic mass is 9.89. The lowest BCUT2D eigenvalue weighted by molar-refractivity contribution is -0.125. The minimum atomic E-state index is -0.335. The first-order chi connectivity index (χ1) is 12.1. The Morgan fingerprint density at radius 2 is 1.92 bits per heavy atom. The molecule has 0 atom stereocenters. The number of rotatable bonds is 5. The van der Waals surface area contributed by atoms with Gasteiger partial charge in [0.25, 0.3) is 0 Å². The molecule has 134 valence electrons. The second-order valence-corrected chi connectivity index (χ2v) is 6.52. The molecule has 1 N–H and O–H groups in total. The molecule has 1 aromatic heterocycles. The van der Waals surface area contributed by atoms with E-state index in [1.54, 1.807) is 19.2 Å². The van der Waals surface area contributed by atoms with Crippen molar-refractivity contribution in [1.29, 1.82) is 0 Å². The summed E-state index contributed by atoms with van der Waals surface area (Å²) in [7, 11) is 1.63. The Balaban J connectivity index is 1.63. The fourth-order valence-corrected chi connectivity index (χ4v) is 3.28. The maximum absolute atomic E-state index is 13.0. The number of benzene rings is 1. The van der Waals surface area contributed by atoms with Gasteiger partial charge in [-0.05, 0) is 37.1 Å². The zero-order valence-corrected chi connectivity index (χ0v) is 14.4. The molecule has 0 bridgehead atoms. The van der Waals surface area contributed by atoms with E-state index in [9.17, 15) is 14.0 Å². The van der Waals surface area contributed by atoms with Crippen molar-refractivity contribution in [2.24, 2.45) is 13.0 Å². The van der Waals surface area contributed by atoms with Crippen LogP contribution in [-0.2, 0) is 18.4 Å². The van der Waals surface area contributed by atoms with Crippen LogP contribution in [0, 0.1) is 11.7 Å². The molecule has 1 aliphatic carbocycles. The Labute approximate surface area is 145 Å². The van der Waals surface area contributed by atoms with Gasteiger partial charge < -0.3 is 5.32 Å². The largest absolute Gasteiger partial charge is 0.354 e. The van der Waals surface area contributed by atoms with Gasteiger partial charge in [-0.3, -0.25) is 9.36 Å². The third-order valence-corrected chi connectivity index (χ3v) is 4.74. The van der Waals surface area contributed by atoms with Gasteiger partial charge in [0.05, 0.1) is 6.54 Å². The quantitative estimate of drug-likeness (QED) is 0.901. The highest BCUT2D eigenvalue weighted by atomic mass is 19.1. The van der Waals surface area contributed by atoms with E-state index in [-0.39, 0.29) is 23.3 Å². The van der Waals surface area contributed by atoms with Gasteiger partial charge in [-0.25, -0.2) is 13.9 Å². The molecule has 6 nitrogen and oxygen atoms in total. The lowest BCUT2D eigenvalue weighted by Gasteiger charge is -2.20. The molecule has 0 aliphatic heterocycles. The minimum Gasteiger partial charge on any atom is -0.354 e. The summed E-state index contributed by atoms with van der Waals surface area (Å²) in [5, 5.41) is 7.22. The zero-order valence-electron chi connectivity index (χ0n) is 14.4. The highest BCUT2D eigenvalue weighted by molar-refractivity contribution is 5.78. The predicted molar refractivity (Wildman–Crippen MR) is 92.4 cm³/mol. The van der Waals surface area contributed by atoms with Crippen molar-refractivity contribution < 1.29 is 9.18 Å². The molecular weight excluding hydrogens is 323 g/mol. The Kier molecular flexibility index (Phi) is 5.31. The van der Waals surface area contributed by atoms with Crippen LogP contribution in [0.1, 0.15) is 32.1 Å². The maximum atomic E-state index is 13.0. The number of nitrogens with one attached hydrogen (secondary N) is 1. The van der Waals surface area contributed by atoms with E-state index < -0.39 is 0 Å². The second kappa shape index (κ2) is 7.63. The normalized spacial score (nSPS) is 15.3. The summed E-state index contributed by atoms with van der Waals surface area (Å²) in [5.74, 6) is 0.314. The molecule has 1 aliphatic rings. The van der Waals surface area contributed by atoms with E-state index in [1.807, 2.05) is 0 Å². The van der Waals surface area contributed by atoms with E-state index in [4.69, 9.17) is 0 Å². The molecule has 1 aromatic carbocycles. The summed E-state index contributed by atoms with van der Waals surface area (Å²) >= 11 is 0. The van der Waals surface area contributed by atoms with Gasteiger partial charge in [-0.1, -0.05) is 19.3 Å². The predicted octanol–water partition coefficient (Wildman–Crippen LogP) is 2.08. The summed E-state index contributed by atoms with van der Waals surface area (Å²) in [5.41, 5.74) is 0.414. The molecule has 1 amide bonds. The van der Waals surface area contributed by atoms with E-state index in [2.05, 4.69) is 10.4 Å². The molecule has 7 heteroatoms. The Hall–Kier alpha value is -2.44. The first-order valence-electron chi connectivity index (χ1n) is 8.74. The van der Waals surface area contributed by atoms with Crippen LogP contribution in [0.15, 0.2) is 29.1 Å². The summed E-state index contributed by atoms with van der Waals surface area (Å²) in [6, 6.07) is 5.85. The van der Waals surface area contributed by atoms with E-state index in [1.165, 1.54) is 27.8 Å². The number of hydrogen-bond acceptors (Lipinski definition) is 3. The number of carbonyl (C=O) groups is 1. The standard InChI is InChI=1S/C18H23FN4O2/c1-22-16(13-7-9-15(19)10-8-13)21-23(18(22)25)12-11-20-17(24)14-5-3-2-4-6-14/h7-10,14H,2-6,11-12H2,1H3,(H,20,24). The molecule has 25 heavy (non-hydrogen) atoms. The maximum Gasteiger partial charge on any atom is 0.345 e. The van der Waals surface area contributed by atoms with E-state index in [0.717, 1.165) is 25.7 Å². The molecule has 3 rings (SSSR count). The van der Waals surface area contributed by atoms with Gasteiger partial charge >= 0.3 is 5.69 Å². The van der Waals surface area contributed by atoms with Crippen LogP contribution < -0.4 is 11.0 Å². The van der Waals surface area contributed by atoms with Crippen molar-refractivity contribution in [2.45, 2.75) is 38.6 Å². The first-order valence-corrected chi connectivity index (χ1v) is 8.74. The van der Waals surface area contributed by atoms with Gasteiger partial charge in [0.15, 0.2) is 5.82 Å². The number of nitrogens with zero attached hydrogens (tertiary/aromatic N) is 3. The van der Waals surface area contributed by atoms with Gasteiger partial charge in [0.2, 0.25) is 5.91 Å². The van der Waals surface area contributed by atoms with Gasteiger partial charge in [-0.2, -0.15) is 0 Å². The number of hydrogen-bond donors (Lipinski definition) is 1. The van der Waals surface area contributed by atoms with Crippen molar-refractivity contribution in [2.75, 3.05) is 6.54 Å². The smallest absolute Gasteiger partial charge is 0.345 e. The third-order valence-electron chi connectivity index (χ3n) is 4.74. The summed E-state index contributed by atoms with van der Waals surface area (Å²) in [6.45, 7) is 0.682. The zero-order chi connectivity index (χ0) is 17.8. The average molecular weight is 346 g/mol. The van der Waals surface area contributed by atoms with Crippen molar-refractivity contribution >= 4 is 5.91 Å². The van der Waals surface area contributed by atoms with E-state index in [0.29, 0.717) is 24.5 Å². The second-order valence-electron chi connectivity index (χ2n) is 6.52. The average Bonchev–Trinajstić information content (AvgIpc) is 2.91. The van der Waals surface area contributed by atoms with Crippen molar-refractivity contribution in [3.63, 3.8) is 0 Å². The monoisotopic (exact) mass is 346 g/mol. The van der Waals surface area contributed by atoms with Gasteiger partial charge in [-0.15, -0.1) is 5.10 Å². The SMILES string of the molecule is Cn1c(-c2ccc(F)cc2)nn(CCNC(=O)C2CCCCC2)c1=O. The molecule has 1 saturated carbocycles. The highest BCUT2D eigenvalue weighted by Gasteiger charge is 2.20. The Morgan fingerprint density at radius 1 is 1.24 bits per heavy atom. The minimum absolute atomic E-state index is 0.0717. The van der Waals surface area contributed by atoms with Crippen LogP contribution in [-0.4, -0.2) is 26.8 Å². The first kappa shape index (κ1) is 17.4. The molecule has 0 radical (unpaired) electrons. The Bertz CT molecular complexity index is 788. The lowest BCUT2D eigenvalue weighted by Crippen LogP contribution is -2.36. The number of carbonyl (C=O) groups excluding carboxylic acids is 1. The molecule has 0 spiro atoms. The van der Waals surface area contributed by atoms with E-state index >= 15 is 0 Å². The summed E-state index contributed by atoms with van der Waals surface area (Å²) in [6.07, 6.45) is 5.32.